The van der Waals surface area contributed by atoms with E-state index in [0.717, 1.165) is 10.9 Å². The molecule has 21 heavy (non-hydrogen) atoms. The van der Waals surface area contributed by atoms with Crippen molar-refractivity contribution in [2.75, 3.05) is 18.5 Å². The molecular weight excluding hydrogens is 268 g/mol. The van der Waals surface area contributed by atoms with Gasteiger partial charge < -0.3 is 15.5 Å². The molecule has 1 heterocycles. The number of carboxylic acid groups (broad SMARTS) is 1. The van der Waals surface area contributed by atoms with Crippen molar-refractivity contribution >= 4 is 22.7 Å². The maximum atomic E-state index is 11.4. The highest BCUT2D eigenvalue weighted by Crippen LogP contribution is 2.24. The summed E-state index contributed by atoms with van der Waals surface area (Å²) in [7, 11) is 0. The van der Waals surface area contributed by atoms with Gasteiger partial charge in [-0.15, -0.1) is 0 Å². The minimum Gasteiger partial charge on any atom is -0.478 e. The molecule has 0 aliphatic heterocycles. The number of nitrogens with one attached hydrogen (secondary N) is 1. The molecule has 0 bridgehead atoms. The monoisotopic (exact) mass is 288 g/mol. The number of aliphatic hydroxyl groups excluding tert-OH is 1. The summed E-state index contributed by atoms with van der Waals surface area (Å²) < 4.78 is 0. The van der Waals surface area contributed by atoms with Crippen LogP contribution in [0.3, 0.4) is 0 Å². The van der Waals surface area contributed by atoms with Crippen LogP contribution in [0.25, 0.3) is 10.9 Å². The Hall–Kier alpha value is -2.14. The van der Waals surface area contributed by atoms with Gasteiger partial charge in [-0.2, -0.15) is 0 Å². The SMILES string of the molecule is CC(C)(CCO)CNc1nc2ccccc2cc1C(=O)O. The van der Waals surface area contributed by atoms with E-state index in [1.807, 2.05) is 38.1 Å². The molecule has 0 aliphatic carbocycles. The van der Waals surface area contributed by atoms with Gasteiger partial charge in [0.05, 0.1) is 5.52 Å². The first-order valence-electron chi connectivity index (χ1n) is 6.91. The fourth-order valence-corrected chi connectivity index (χ4v) is 2.13. The summed E-state index contributed by atoms with van der Waals surface area (Å²) >= 11 is 0. The van der Waals surface area contributed by atoms with Crippen LogP contribution in [-0.4, -0.2) is 34.3 Å². The van der Waals surface area contributed by atoms with Crippen LogP contribution >= 0.6 is 0 Å². The number of aliphatic hydroxyl groups is 1. The predicted octanol–water partition coefficient (Wildman–Crippen LogP) is 2.75. The Balaban J connectivity index is 2.33. The zero-order valence-corrected chi connectivity index (χ0v) is 12.3. The Morgan fingerprint density at radius 1 is 1.33 bits per heavy atom. The Labute approximate surface area is 123 Å². The van der Waals surface area contributed by atoms with Crippen LogP contribution in [0.1, 0.15) is 30.6 Å². The van der Waals surface area contributed by atoms with Crippen molar-refractivity contribution in [3.8, 4) is 0 Å². The molecule has 0 aliphatic rings. The molecule has 0 saturated carbocycles. The number of pyridine rings is 1. The highest BCUT2D eigenvalue weighted by molar-refractivity contribution is 5.98. The third-order valence-electron chi connectivity index (χ3n) is 3.48. The third-order valence-corrected chi connectivity index (χ3v) is 3.48. The molecule has 5 heteroatoms. The number of carbonyl (C=O) groups is 1. The molecule has 0 radical (unpaired) electrons. The first kappa shape index (κ1) is 15.3. The van der Waals surface area contributed by atoms with Crippen molar-refractivity contribution in [2.24, 2.45) is 5.41 Å². The Bertz CT molecular complexity index is 653. The molecule has 0 spiro atoms. The van der Waals surface area contributed by atoms with E-state index in [2.05, 4.69) is 10.3 Å². The van der Waals surface area contributed by atoms with Gasteiger partial charge in [-0.25, -0.2) is 9.78 Å². The van der Waals surface area contributed by atoms with Gasteiger partial charge in [0.15, 0.2) is 0 Å². The van der Waals surface area contributed by atoms with E-state index in [-0.39, 0.29) is 17.6 Å². The van der Waals surface area contributed by atoms with E-state index in [9.17, 15) is 9.90 Å². The van der Waals surface area contributed by atoms with E-state index in [0.29, 0.717) is 18.8 Å². The predicted molar refractivity (Wildman–Crippen MR) is 82.7 cm³/mol. The molecule has 2 rings (SSSR count). The minimum absolute atomic E-state index is 0.103. The van der Waals surface area contributed by atoms with E-state index < -0.39 is 5.97 Å². The topological polar surface area (TPSA) is 82.5 Å². The molecule has 1 aromatic carbocycles. The van der Waals surface area contributed by atoms with Crippen LogP contribution in [0, 0.1) is 5.41 Å². The summed E-state index contributed by atoms with van der Waals surface area (Å²) in [4.78, 5) is 15.8. The van der Waals surface area contributed by atoms with Crippen molar-refractivity contribution < 1.29 is 15.0 Å². The fourth-order valence-electron chi connectivity index (χ4n) is 2.13. The second kappa shape index (κ2) is 6.10. The van der Waals surface area contributed by atoms with Gasteiger partial charge in [-0.05, 0) is 24.0 Å². The molecule has 3 N–H and O–H groups in total. The molecule has 0 atom stereocenters. The molecule has 0 unspecified atom stereocenters. The van der Waals surface area contributed by atoms with Gasteiger partial charge >= 0.3 is 5.97 Å². The number of carboxylic acids is 1. The smallest absolute Gasteiger partial charge is 0.339 e. The number of rotatable bonds is 6. The van der Waals surface area contributed by atoms with Crippen LogP contribution in [0.2, 0.25) is 0 Å². The molecular formula is C16H20N2O3. The van der Waals surface area contributed by atoms with Gasteiger partial charge in [0.1, 0.15) is 11.4 Å². The largest absolute Gasteiger partial charge is 0.478 e. The van der Waals surface area contributed by atoms with E-state index in [1.54, 1.807) is 6.07 Å². The molecule has 2 aromatic rings. The molecule has 0 amide bonds. The van der Waals surface area contributed by atoms with Crippen molar-refractivity contribution in [3.63, 3.8) is 0 Å². The number of para-hydroxylation sites is 1. The Morgan fingerprint density at radius 2 is 2.05 bits per heavy atom. The zero-order chi connectivity index (χ0) is 15.5. The standard InChI is InChI=1S/C16H20N2O3/c1-16(2,7-8-19)10-17-14-12(15(20)21)9-11-5-3-4-6-13(11)18-14/h3-6,9,19H,7-8,10H2,1-2H3,(H,17,18)(H,20,21). The lowest BCUT2D eigenvalue weighted by Gasteiger charge is -2.24. The molecule has 5 nitrogen and oxygen atoms in total. The van der Waals surface area contributed by atoms with Crippen LogP contribution in [-0.2, 0) is 0 Å². The number of anilines is 1. The Kier molecular flexibility index (Phi) is 4.43. The van der Waals surface area contributed by atoms with E-state index in [4.69, 9.17) is 5.11 Å². The lowest BCUT2D eigenvalue weighted by molar-refractivity contribution is 0.0697. The third kappa shape index (κ3) is 3.70. The number of fused-ring (bicyclic) bond motifs is 1. The first-order valence-corrected chi connectivity index (χ1v) is 6.91. The summed E-state index contributed by atoms with van der Waals surface area (Å²) in [5, 5.41) is 22.3. The maximum Gasteiger partial charge on any atom is 0.339 e. The second-order valence-corrected chi connectivity index (χ2v) is 5.87. The minimum atomic E-state index is -1.00. The second-order valence-electron chi connectivity index (χ2n) is 5.87. The van der Waals surface area contributed by atoms with Crippen LogP contribution in [0.4, 0.5) is 5.82 Å². The van der Waals surface area contributed by atoms with Gasteiger partial charge in [-0.1, -0.05) is 32.0 Å². The van der Waals surface area contributed by atoms with Crippen molar-refractivity contribution in [1.29, 1.82) is 0 Å². The van der Waals surface area contributed by atoms with Gasteiger partial charge in [0, 0.05) is 18.5 Å². The lowest BCUT2D eigenvalue weighted by Crippen LogP contribution is -2.25. The molecule has 0 fully saturated rings. The number of hydrogen-bond acceptors (Lipinski definition) is 4. The lowest BCUT2D eigenvalue weighted by atomic mass is 9.90. The van der Waals surface area contributed by atoms with Crippen molar-refractivity contribution in [3.05, 3.63) is 35.9 Å². The fraction of sp³-hybridized carbons (Fsp3) is 0.375. The summed E-state index contributed by atoms with van der Waals surface area (Å²) in [6.45, 7) is 4.67. The summed E-state index contributed by atoms with van der Waals surface area (Å²) in [6, 6.07) is 9.05. The summed E-state index contributed by atoms with van der Waals surface area (Å²) in [5.41, 5.74) is 0.774. The van der Waals surface area contributed by atoms with Crippen LogP contribution in [0.5, 0.6) is 0 Å². The van der Waals surface area contributed by atoms with Gasteiger partial charge in [0.2, 0.25) is 0 Å². The highest BCUT2D eigenvalue weighted by Gasteiger charge is 2.19. The van der Waals surface area contributed by atoms with Gasteiger partial charge in [-0.3, -0.25) is 0 Å². The normalized spacial score (nSPS) is 11.6. The Morgan fingerprint density at radius 3 is 2.71 bits per heavy atom. The zero-order valence-electron chi connectivity index (χ0n) is 12.3. The average molecular weight is 288 g/mol. The molecule has 112 valence electrons. The highest BCUT2D eigenvalue weighted by atomic mass is 16.4. The number of benzene rings is 1. The van der Waals surface area contributed by atoms with E-state index >= 15 is 0 Å². The van der Waals surface area contributed by atoms with Gasteiger partial charge in [0.25, 0.3) is 0 Å². The molecule has 1 aromatic heterocycles. The maximum absolute atomic E-state index is 11.4. The number of aromatic carboxylic acids is 1. The quantitative estimate of drug-likeness (QED) is 0.761. The first-order chi connectivity index (χ1) is 9.93. The van der Waals surface area contributed by atoms with Crippen molar-refractivity contribution in [2.45, 2.75) is 20.3 Å². The number of aromatic nitrogens is 1. The number of nitrogens with zero attached hydrogens (tertiary/aromatic N) is 1. The number of hydrogen-bond donors (Lipinski definition) is 3. The summed E-state index contributed by atoms with van der Waals surface area (Å²) in [6.07, 6.45) is 0.635. The van der Waals surface area contributed by atoms with Crippen molar-refractivity contribution in [1.82, 2.24) is 4.98 Å². The van der Waals surface area contributed by atoms with Crippen LogP contribution in [0.15, 0.2) is 30.3 Å². The molecule has 0 saturated heterocycles. The van der Waals surface area contributed by atoms with E-state index in [1.165, 1.54) is 0 Å². The average Bonchev–Trinajstić information content (AvgIpc) is 2.44. The van der Waals surface area contributed by atoms with Crippen LogP contribution < -0.4 is 5.32 Å². The summed E-state index contributed by atoms with van der Waals surface area (Å²) in [5.74, 6) is -0.636.